The van der Waals surface area contributed by atoms with E-state index < -0.39 is 18.3 Å². The average Bonchev–Trinajstić information content (AvgIpc) is 3.65. The van der Waals surface area contributed by atoms with E-state index >= 15 is 0 Å². The Morgan fingerprint density at radius 1 is 0.610 bits per heavy atom. The van der Waals surface area contributed by atoms with Crippen molar-refractivity contribution < 1.29 is 38.1 Å². The lowest BCUT2D eigenvalue weighted by atomic mass is 10.1. The monoisotopic (exact) mass is 835 g/mol. The molecule has 1 N–H and O–H groups in total. The average molecular weight is 835 g/mol. The second kappa shape index (κ2) is 40.9. The molecule has 344 valence electrons. The SMILES string of the molecule is CCCCC/C=C\C/C=C\CCCCCCCC(=O)OCC(COC(=O)CCC(OCCCCCCCC)OCCCCCCCC)COC(=O)NCC1CCCN1C. The van der Waals surface area contributed by atoms with Gasteiger partial charge < -0.3 is 33.9 Å². The van der Waals surface area contributed by atoms with E-state index in [1.54, 1.807) is 0 Å². The Morgan fingerprint density at radius 3 is 1.68 bits per heavy atom. The summed E-state index contributed by atoms with van der Waals surface area (Å²) in [5.41, 5.74) is 0. The van der Waals surface area contributed by atoms with Gasteiger partial charge in [0.2, 0.25) is 0 Å². The zero-order valence-electron chi connectivity index (χ0n) is 38.5. The largest absolute Gasteiger partial charge is 0.465 e. The Kier molecular flexibility index (Phi) is 37.9. The summed E-state index contributed by atoms with van der Waals surface area (Å²) in [6.07, 6.45) is 37.6. The highest BCUT2D eigenvalue weighted by atomic mass is 16.7. The summed E-state index contributed by atoms with van der Waals surface area (Å²) in [6.45, 7) is 9.40. The molecule has 59 heavy (non-hydrogen) atoms. The number of allylic oxidation sites excluding steroid dienone is 4. The number of hydrogen-bond donors (Lipinski definition) is 1. The normalized spacial score (nSPS) is 15.1. The summed E-state index contributed by atoms with van der Waals surface area (Å²) >= 11 is 0. The Hall–Kier alpha value is -2.43. The summed E-state index contributed by atoms with van der Waals surface area (Å²) in [5.74, 6) is -1.14. The number of esters is 2. The van der Waals surface area contributed by atoms with Crippen molar-refractivity contribution in [1.82, 2.24) is 10.2 Å². The van der Waals surface area contributed by atoms with Crippen LogP contribution in [0.4, 0.5) is 4.79 Å². The first-order valence-electron chi connectivity index (χ1n) is 24.3. The highest BCUT2D eigenvalue weighted by molar-refractivity contribution is 5.70. The Labute approximate surface area is 361 Å². The number of likely N-dealkylation sites (N-methyl/N-ethyl adjacent to an activating group) is 1. The smallest absolute Gasteiger partial charge is 0.407 e. The minimum absolute atomic E-state index is 0.0103. The summed E-state index contributed by atoms with van der Waals surface area (Å²) in [4.78, 5) is 40.4. The fourth-order valence-electron chi connectivity index (χ4n) is 7.12. The molecule has 1 aliphatic heterocycles. The number of nitrogens with zero attached hydrogens (tertiary/aromatic N) is 1. The van der Waals surface area contributed by atoms with Gasteiger partial charge in [-0.25, -0.2) is 4.79 Å². The molecule has 1 heterocycles. The maximum atomic E-state index is 13.0. The number of likely N-dealkylation sites (tertiary alicyclic amines) is 1. The molecule has 0 radical (unpaired) electrons. The molecule has 1 aliphatic rings. The summed E-state index contributed by atoms with van der Waals surface area (Å²) in [6, 6.07) is 0.294. The first kappa shape index (κ1) is 54.6. The molecule has 0 aromatic rings. The van der Waals surface area contributed by atoms with Crippen LogP contribution in [-0.4, -0.2) is 88.4 Å². The predicted octanol–water partition coefficient (Wildman–Crippen LogP) is 12.2. The number of carbonyl (C=O) groups is 3. The fraction of sp³-hybridized carbons (Fsp3) is 0.857. The first-order valence-corrected chi connectivity index (χ1v) is 24.3. The third-order valence-corrected chi connectivity index (χ3v) is 11.1. The van der Waals surface area contributed by atoms with Gasteiger partial charge >= 0.3 is 18.0 Å². The van der Waals surface area contributed by atoms with E-state index in [-0.39, 0.29) is 38.2 Å². The molecule has 1 saturated heterocycles. The van der Waals surface area contributed by atoms with Crippen molar-refractivity contribution in [1.29, 1.82) is 0 Å². The summed E-state index contributed by atoms with van der Waals surface area (Å²) in [7, 11) is 2.06. The van der Waals surface area contributed by atoms with E-state index in [0.717, 1.165) is 90.0 Å². The quantitative estimate of drug-likeness (QED) is 0.0211. The van der Waals surface area contributed by atoms with Crippen molar-refractivity contribution in [3.63, 3.8) is 0 Å². The van der Waals surface area contributed by atoms with Gasteiger partial charge in [-0.1, -0.05) is 141 Å². The molecule has 0 aromatic carbocycles. The van der Waals surface area contributed by atoms with Crippen LogP contribution < -0.4 is 5.32 Å². The predicted molar refractivity (Wildman–Crippen MR) is 241 cm³/mol. The van der Waals surface area contributed by atoms with Gasteiger partial charge in [-0.15, -0.1) is 0 Å². The maximum Gasteiger partial charge on any atom is 0.407 e. The van der Waals surface area contributed by atoms with Crippen LogP contribution in [-0.2, 0) is 33.3 Å². The number of ether oxygens (including phenoxy) is 5. The summed E-state index contributed by atoms with van der Waals surface area (Å²) < 4.78 is 29.0. The van der Waals surface area contributed by atoms with Crippen molar-refractivity contribution in [3.05, 3.63) is 24.3 Å². The molecule has 0 aliphatic carbocycles. The van der Waals surface area contributed by atoms with Gasteiger partial charge in [-0.2, -0.15) is 0 Å². The van der Waals surface area contributed by atoms with Gasteiger partial charge in [0.25, 0.3) is 0 Å². The lowest BCUT2D eigenvalue weighted by Crippen LogP contribution is -2.39. The molecule has 0 bridgehead atoms. The van der Waals surface area contributed by atoms with Gasteiger partial charge in [0.15, 0.2) is 6.29 Å². The van der Waals surface area contributed by atoms with Crippen LogP contribution in [0.3, 0.4) is 0 Å². The van der Waals surface area contributed by atoms with Crippen LogP contribution in [0.2, 0.25) is 0 Å². The third kappa shape index (κ3) is 34.9. The first-order chi connectivity index (χ1) is 28.9. The van der Waals surface area contributed by atoms with E-state index in [2.05, 4.69) is 62.3 Å². The van der Waals surface area contributed by atoms with Crippen LogP contribution in [0.15, 0.2) is 24.3 Å². The number of carbonyl (C=O) groups excluding carboxylic acids is 3. The minimum atomic E-state index is -0.522. The van der Waals surface area contributed by atoms with Crippen LogP contribution in [0.25, 0.3) is 0 Å². The zero-order valence-corrected chi connectivity index (χ0v) is 38.5. The van der Waals surface area contributed by atoms with Crippen molar-refractivity contribution in [3.8, 4) is 0 Å². The lowest BCUT2D eigenvalue weighted by Gasteiger charge is -2.21. The molecule has 10 nitrogen and oxygen atoms in total. The maximum absolute atomic E-state index is 13.0. The molecule has 2 atom stereocenters. The van der Waals surface area contributed by atoms with Gasteiger partial charge in [0.1, 0.15) is 19.8 Å². The van der Waals surface area contributed by atoms with Crippen molar-refractivity contribution in [2.24, 2.45) is 5.92 Å². The second-order valence-electron chi connectivity index (χ2n) is 16.7. The fourth-order valence-corrected chi connectivity index (χ4v) is 7.12. The van der Waals surface area contributed by atoms with Crippen molar-refractivity contribution in [2.75, 3.05) is 53.2 Å². The van der Waals surface area contributed by atoms with E-state index in [1.165, 1.54) is 77.0 Å². The van der Waals surface area contributed by atoms with E-state index in [0.29, 0.717) is 38.6 Å². The standard InChI is InChI=1S/C49H90N2O8/c1-5-8-11-14-17-18-19-20-21-22-23-24-25-26-29-34-46(52)57-41-44(43-59-49(54)50-40-45-33-32-37-51(45)4)42-58-47(53)35-36-48(55-38-30-27-15-12-9-6-2)56-39-31-28-16-13-10-7-3/h17-18,20-21,44-45,48H,5-16,19,22-43H2,1-4H3,(H,50,54)/b18-17-,21-20-. The highest BCUT2D eigenvalue weighted by Crippen LogP contribution is 2.15. The minimum Gasteiger partial charge on any atom is -0.465 e. The van der Waals surface area contributed by atoms with Gasteiger partial charge in [-0.05, 0) is 77.8 Å². The van der Waals surface area contributed by atoms with E-state index in [1.807, 2.05) is 0 Å². The van der Waals surface area contributed by atoms with Crippen molar-refractivity contribution in [2.45, 2.75) is 213 Å². The van der Waals surface area contributed by atoms with E-state index in [4.69, 9.17) is 23.7 Å². The van der Waals surface area contributed by atoms with Gasteiger partial charge in [0, 0.05) is 38.6 Å². The van der Waals surface area contributed by atoms with Gasteiger partial charge in [-0.3, -0.25) is 9.59 Å². The molecule has 0 spiro atoms. The number of alkyl carbamates (subject to hydrolysis) is 1. The number of unbranched alkanes of at least 4 members (excludes halogenated alkanes) is 18. The topological polar surface area (TPSA) is 113 Å². The molecular weight excluding hydrogens is 745 g/mol. The van der Waals surface area contributed by atoms with Crippen molar-refractivity contribution >= 4 is 18.0 Å². The molecule has 1 fully saturated rings. The summed E-state index contributed by atoms with van der Waals surface area (Å²) in [5, 5.41) is 2.86. The number of amides is 1. The molecule has 1 amide bonds. The number of nitrogens with one attached hydrogen (secondary N) is 1. The number of hydrogen-bond acceptors (Lipinski definition) is 9. The molecule has 1 rings (SSSR count). The lowest BCUT2D eigenvalue weighted by molar-refractivity contribution is -0.161. The number of rotatable bonds is 41. The van der Waals surface area contributed by atoms with Crippen LogP contribution in [0.5, 0.6) is 0 Å². The molecular formula is C49H90N2O8. The van der Waals surface area contributed by atoms with Crippen LogP contribution in [0.1, 0.15) is 201 Å². The molecule has 0 saturated carbocycles. The van der Waals surface area contributed by atoms with Crippen LogP contribution in [0, 0.1) is 5.92 Å². The molecule has 10 heteroatoms. The third-order valence-electron chi connectivity index (χ3n) is 11.1. The Balaban J connectivity index is 2.50. The molecule has 2 unspecified atom stereocenters. The van der Waals surface area contributed by atoms with E-state index in [9.17, 15) is 14.4 Å². The Morgan fingerprint density at radius 2 is 1.10 bits per heavy atom. The second-order valence-corrected chi connectivity index (χ2v) is 16.7. The highest BCUT2D eigenvalue weighted by Gasteiger charge is 2.23. The Bertz CT molecular complexity index is 1040. The zero-order chi connectivity index (χ0) is 42.9. The van der Waals surface area contributed by atoms with Gasteiger partial charge in [0.05, 0.1) is 12.3 Å². The van der Waals surface area contributed by atoms with Crippen LogP contribution >= 0.6 is 0 Å². The molecule has 0 aromatic heterocycles.